The number of aromatic nitrogens is 2. The Morgan fingerprint density at radius 1 is 1.00 bits per heavy atom. The van der Waals surface area contributed by atoms with E-state index < -0.39 is 7.60 Å². The number of nitrogens with zero attached hydrogens (tertiary/aromatic N) is 3. The summed E-state index contributed by atoms with van der Waals surface area (Å²) in [5, 5.41) is 0. The average molecular weight is 538 g/mol. The lowest BCUT2D eigenvalue weighted by Gasteiger charge is -2.57. The van der Waals surface area contributed by atoms with Crippen LogP contribution in [0.1, 0.15) is 89.3 Å². The van der Waals surface area contributed by atoms with Crippen LogP contribution in [-0.4, -0.2) is 42.4 Å². The summed E-state index contributed by atoms with van der Waals surface area (Å²) in [6, 6.07) is 9.42. The zero-order valence-corrected chi connectivity index (χ0v) is 23.2. The lowest BCUT2D eigenvalue weighted by atomic mass is 9.52. The molecule has 4 bridgehead atoms. The molecule has 2 N–H and O–H groups in total. The standard InChI is InChI=1S/C30H40N3O4P/c1-2-30-18-19-12-20(30)14-21(30)15-24(13-19)32-22-6-5-7-23(32)17-25(16-22)33-28-9-4-3-8-26(28)31-27(29(33)34)10-11-38(35,36)37/h3-4,8-11,19-25H,2,5-7,12-18H2,1H3,(H2,35,36,37)/b11-10+/t19-,20+,21+,22-,23+,24-,25?,30?/m1/s1. The molecule has 8 atom stereocenters. The van der Waals surface area contributed by atoms with Gasteiger partial charge in [-0.2, -0.15) is 0 Å². The molecule has 8 heteroatoms. The first-order valence-corrected chi connectivity index (χ1v) is 16.5. The lowest BCUT2D eigenvalue weighted by molar-refractivity contribution is -0.0752. The fraction of sp³-hybridized carbons (Fsp3) is 0.667. The molecule has 0 spiro atoms. The first-order chi connectivity index (χ1) is 18.3. The van der Waals surface area contributed by atoms with E-state index in [0.29, 0.717) is 29.1 Å². The van der Waals surface area contributed by atoms with Crippen molar-refractivity contribution in [3.63, 3.8) is 0 Å². The molecule has 3 saturated carbocycles. The van der Waals surface area contributed by atoms with E-state index in [1.165, 1.54) is 63.9 Å². The highest BCUT2D eigenvalue weighted by Gasteiger charge is 2.61. The number of benzene rings is 1. The van der Waals surface area contributed by atoms with Gasteiger partial charge in [0.25, 0.3) is 5.56 Å². The summed E-state index contributed by atoms with van der Waals surface area (Å²) in [6.45, 7) is 2.43. The van der Waals surface area contributed by atoms with E-state index >= 15 is 0 Å². The van der Waals surface area contributed by atoms with Crippen molar-refractivity contribution in [3.05, 3.63) is 46.1 Å². The van der Waals surface area contributed by atoms with E-state index in [1.807, 2.05) is 28.8 Å². The minimum Gasteiger partial charge on any atom is -0.321 e. The molecule has 7 rings (SSSR count). The molecule has 2 saturated heterocycles. The number of piperidine rings is 2. The number of para-hydroxylation sites is 2. The van der Waals surface area contributed by atoms with E-state index in [-0.39, 0.29) is 17.3 Å². The van der Waals surface area contributed by atoms with Crippen molar-refractivity contribution >= 4 is 24.7 Å². The minimum atomic E-state index is -4.39. The second-order valence-electron chi connectivity index (χ2n) is 13.0. The van der Waals surface area contributed by atoms with Crippen LogP contribution in [0.15, 0.2) is 34.9 Å². The Labute approximate surface area is 224 Å². The smallest absolute Gasteiger partial charge is 0.321 e. The summed E-state index contributed by atoms with van der Waals surface area (Å²) >= 11 is 0. The van der Waals surface area contributed by atoms with Gasteiger partial charge in [0.1, 0.15) is 5.69 Å². The molecule has 204 valence electrons. The third-order valence-corrected chi connectivity index (χ3v) is 11.9. The molecule has 0 amide bonds. The van der Waals surface area contributed by atoms with Crippen molar-refractivity contribution in [3.8, 4) is 0 Å². The number of hydrogen-bond donors (Lipinski definition) is 2. The lowest BCUT2D eigenvalue weighted by Crippen LogP contribution is -2.58. The average Bonchev–Trinajstić information content (AvgIpc) is 3.06. The molecule has 1 aromatic carbocycles. The van der Waals surface area contributed by atoms with Crippen LogP contribution in [0.3, 0.4) is 0 Å². The van der Waals surface area contributed by atoms with Crippen LogP contribution in [0.4, 0.5) is 0 Å². The SMILES string of the molecule is CCC12C[C@H]3C[C@@H](N4[C@@H]5CCC[C@H]4CC(n4c(=O)c(/C=C/P(=O)(O)O)nc6ccccc64)C5)C[C@@H]1C[C@@H]2C3. The third-order valence-electron chi connectivity index (χ3n) is 11.3. The molecule has 0 radical (unpaired) electrons. The number of hydrogen-bond acceptors (Lipinski definition) is 4. The first kappa shape index (κ1) is 25.2. The molecular formula is C30H40N3O4P. The molecule has 2 aromatic rings. The first-order valence-electron chi connectivity index (χ1n) is 14.8. The maximum Gasteiger partial charge on any atom is 0.349 e. The van der Waals surface area contributed by atoms with Crippen molar-refractivity contribution in [1.29, 1.82) is 0 Å². The number of fused-ring (bicyclic) bond motifs is 4. The molecule has 5 aliphatic rings. The van der Waals surface area contributed by atoms with Gasteiger partial charge in [0.05, 0.1) is 11.0 Å². The fourth-order valence-corrected chi connectivity index (χ4v) is 10.3. The maximum absolute atomic E-state index is 13.7. The van der Waals surface area contributed by atoms with Crippen molar-refractivity contribution in [2.24, 2.45) is 23.2 Å². The van der Waals surface area contributed by atoms with Crippen LogP contribution in [0.5, 0.6) is 0 Å². The van der Waals surface area contributed by atoms with E-state index in [4.69, 9.17) is 0 Å². The predicted octanol–water partition coefficient (Wildman–Crippen LogP) is 5.71. The summed E-state index contributed by atoms with van der Waals surface area (Å²) in [5.41, 5.74) is 2.01. The van der Waals surface area contributed by atoms with Gasteiger partial charge in [0, 0.05) is 30.0 Å². The van der Waals surface area contributed by atoms with Gasteiger partial charge in [-0.25, -0.2) is 4.98 Å². The Morgan fingerprint density at radius 2 is 1.74 bits per heavy atom. The third kappa shape index (κ3) is 3.99. The molecule has 1 aromatic heterocycles. The summed E-state index contributed by atoms with van der Waals surface area (Å²) in [5.74, 6) is 3.59. The van der Waals surface area contributed by atoms with Crippen molar-refractivity contribution in [2.75, 3.05) is 0 Å². The highest BCUT2D eigenvalue weighted by molar-refractivity contribution is 7.55. The van der Waals surface area contributed by atoms with Gasteiger partial charge in [-0.15, -0.1) is 0 Å². The predicted molar refractivity (Wildman–Crippen MR) is 149 cm³/mol. The van der Waals surface area contributed by atoms with Crippen LogP contribution < -0.4 is 5.56 Å². The van der Waals surface area contributed by atoms with Gasteiger partial charge < -0.3 is 14.4 Å². The minimum absolute atomic E-state index is 0.0708. The Hall–Kier alpha value is -1.79. The Balaban J connectivity index is 1.21. The van der Waals surface area contributed by atoms with E-state index in [0.717, 1.165) is 41.9 Å². The second kappa shape index (κ2) is 9.12. The van der Waals surface area contributed by atoms with Crippen LogP contribution >= 0.6 is 7.60 Å². The summed E-state index contributed by atoms with van der Waals surface area (Å²) in [4.78, 5) is 39.9. The number of rotatable bonds is 5. The van der Waals surface area contributed by atoms with Crippen LogP contribution in [0, 0.1) is 23.2 Å². The van der Waals surface area contributed by atoms with E-state index in [9.17, 15) is 19.1 Å². The maximum atomic E-state index is 13.7. The Bertz CT molecular complexity index is 1370. The largest absolute Gasteiger partial charge is 0.349 e. The highest BCUT2D eigenvalue weighted by Crippen LogP contribution is 2.69. The summed E-state index contributed by atoms with van der Waals surface area (Å²) in [7, 11) is -4.39. The zero-order valence-electron chi connectivity index (χ0n) is 22.3. The van der Waals surface area contributed by atoms with E-state index in [2.05, 4.69) is 16.8 Å². The fourth-order valence-electron chi connectivity index (χ4n) is 9.97. The van der Waals surface area contributed by atoms with Crippen molar-refractivity contribution in [2.45, 2.75) is 102 Å². The molecular weight excluding hydrogens is 497 g/mol. The van der Waals surface area contributed by atoms with Gasteiger partial charge in [-0.3, -0.25) is 14.3 Å². The van der Waals surface area contributed by atoms with Gasteiger partial charge in [-0.1, -0.05) is 25.5 Å². The van der Waals surface area contributed by atoms with Gasteiger partial charge in [0.2, 0.25) is 0 Å². The quantitative estimate of drug-likeness (QED) is 0.475. The zero-order chi connectivity index (χ0) is 26.2. The molecule has 38 heavy (non-hydrogen) atoms. The highest BCUT2D eigenvalue weighted by atomic mass is 31.2. The molecule has 7 nitrogen and oxygen atoms in total. The molecule has 2 unspecified atom stereocenters. The molecule has 2 aliphatic heterocycles. The second-order valence-corrected chi connectivity index (χ2v) is 14.5. The summed E-state index contributed by atoms with van der Waals surface area (Å²) < 4.78 is 13.4. The van der Waals surface area contributed by atoms with Crippen LogP contribution in [0.25, 0.3) is 17.1 Å². The molecule has 5 fully saturated rings. The van der Waals surface area contributed by atoms with Gasteiger partial charge in [-0.05, 0) is 106 Å². The van der Waals surface area contributed by atoms with Crippen LogP contribution in [0.2, 0.25) is 0 Å². The Kier molecular flexibility index (Phi) is 6.05. The molecule has 3 heterocycles. The van der Waals surface area contributed by atoms with Crippen LogP contribution in [-0.2, 0) is 4.57 Å². The summed E-state index contributed by atoms with van der Waals surface area (Å²) in [6.07, 6.45) is 15.2. The van der Waals surface area contributed by atoms with Crippen molar-refractivity contribution < 1.29 is 14.4 Å². The van der Waals surface area contributed by atoms with Gasteiger partial charge >= 0.3 is 7.60 Å². The monoisotopic (exact) mass is 537 g/mol. The topological polar surface area (TPSA) is 95.7 Å². The van der Waals surface area contributed by atoms with E-state index in [1.54, 1.807) is 0 Å². The normalized spacial score (nSPS) is 38.9. The van der Waals surface area contributed by atoms with Gasteiger partial charge in [0.15, 0.2) is 0 Å². The molecule has 3 aliphatic carbocycles. The van der Waals surface area contributed by atoms with Crippen molar-refractivity contribution in [1.82, 2.24) is 14.5 Å². The Morgan fingerprint density at radius 3 is 2.47 bits per heavy atom.